The van der Waals surface area contributed by atoms with Gasteiger partial charge in [-0.25, -0.2) is 23.2 Å². The number of likely N-dealkylation sites (tertiary alicyclic amines) is 1. The van der Waals surface area contributed by atoms with E-state index in [1.54, 1.807) is 4.90 Å². The molecule has 0 bridgehead atoms. The van der Waals surface area contributed by atoms with Crippen LogP contribution in [-0.4, -0.2) is 72.4 Å². The lowest BCUT2D eigenvalue weighted by Gasteiger charge is -2.39. The summed E-state index contributed by atoms with van der Waals surface area (Å²) in [6.45, 7) is 0.422. The normalized spacial score (nSPS) is 17.0. The molecule has 2 aliphatic rings. The van der Waals surface area contributed by atoms with Crippen LogP contribution in [0.5, 0.6) is 5.75 Å². The van der Waals surface area contributed by atoms with Gasteiger partial charge in [0.05, 0.1) is 15.6 Å². The topological polar surface area (TPSA) is 142 Å². The predicted octanol–water partition coefficient (Wildman–Crippen LogP) is 2.14. The second kappa shape index (κ2) is 8.43. The first-order valence-electron chi connectivity index (χ1n) is 9.69. The number of halogens is 1. The minimum atomic E-state index is -3.41. The summed E-state index contributed by atoms with van der Waals surface area (Å²) in [5, 5.41) is 12.3. The lowest BCUT2D eigenvalue weighted by molar-refractivity contribution is -0.122. The van der Waals surface area contributed by atoms with Crippen molar-refractivity contribution in [1.29, 1.82) is 0 Å². The monoisotopic (exact) mass is 481 g/mol. The third-order valence-electron chi connectivity index (χ3n) is 5.34. The van der Waals surface area contributed by atoms with E-state index in [0.717, 1.165) is 6.26 Å². The molecule has 1 fully saturated rings. The quantitative estimate of drug-likeness (QED) is 0.671. The molecule has 1 aromatic carbocycles. The second-order valence-corrected chi connectivity index (χ2v) is 9.89. The van der Waals surface area contributed by atoms with Gasteiger partial charge in [0.1, 0.15) is 6.33 Å². The summed E-state index contributed by atoms with van der Waals surface area (Å²) in [4.78, 5) is 35.2. The van der Waals surface area contributed by atoms with Gasteiger partial charge < -0.3 is 20.1 Å². The molecule has 4 rings (SSSR count). The van der Waals surface area contributed by atoms with Crippen LogP contribution in [0.15, 0.2) is 29.4 Å². The Labute approximate surface area is 188 Å². The fraction of sp³-hybridized carbons (Fsp3) is 0.368. The van der Waals surface area contributed by atoms with E-state index in [0.29, 0.717) is 31.6 Å². The van der Waals surface area contributed by atoms with Gasteiger partial charge in [0.2, 0.25) is 5.75 Å². The molecule has 3 heterocycles. The minimum absolute atomic E-state index is 0.0819. The molecule has 2 aliphatic heterocycles. The molecule has 2 amide bonds. The van der Waals surface area contributed by atoms with Crippen molar-refractivity contribution in [2.75, 3.05) is 36.2 Å². The van der Waals surface area contributed by atoms with Crippen LogP contribution in [-0.2, 0) is 14.6 Å². The van der Waals surface area contributed by atoms with E-state index >= 15 is 0 Å². The standard InChI is InChI=1S/C19H20ClN5O6S/c1-32(29,30)12-2-3-14(13(20)8-12)23-17-16-18(22-10-21-17)25(15(26)9-31-16)11-4-6-24(7-5-11)19(27)28/h2-3,8,10-11H,4-7,9H2,1H3,(H,27,28)(H,21,22,23). The summed E-state index contributed by atoms with van der Waals surface area (Å²) < 4.78 is 29.1. The lowest BCUT2D eigenvalue weighted by Crippen LogP contribution is -2.51. The molecule has 2 N–H and O–H groups in total. The molecule has 32 heavy (non-hydrogen) atoms. The van der Waals surface area contributed by atoms with E-state index in [1.807, 2.05) is 0 Å². The number of carbonyl (C=O) groups is 2. The summed E-state index contributed by atoms with van der Waals surface area (Å²) in [5.41, 5.74) is 0.404. The number of benzene rings is 1. The number of ether oxygens (including phenoxy) is 1. The third kappa shape index (κ3) is 4.28. The molecule has 1 aromatic heterocycles. The number of fused-ring (bicyclic) bond motifs is 1. The van der Waals surface area contributed by atoms with Gasteiger partial charge in [0.15, 0.2) is 28.1 Å². The average molecular weight is 482 g/mol. The number of piperidine rings is 1. The van der Waals surface area contributed by atoms with Gasteiger partial charge in [-0.1, -0.05) is 11.6 Å². The number of rotatable bonds is 4. The summed E-state index contributed by atoms with van der Waals surface area (Å²) in [5.74, 6) is 0.545. The molecular weight excluding hydrogens is 462 g/mol. The Hall–Kier alpha value is -3.12. The van der Waals surface area contributed by atoms with Crippen LogP contribution >= 0.6 is 11.6 Å². The minimum Gasteiger partial charge on any atom is -0.476 e. The highest BCUT2D eigenvalue weighted by Crippen LogP contribution is 2.40. The summed E-state index contributed by atoms with van der Waals surface area (Å²) in [6, 6.07) is 4.05. The summed E-state index contributed by atoms with van der Waals surface area (Å²) >= 11 is 6.25. The second-order valence-electron chi connectivity index (χ2n) is 7.47. The van der Waals surface area contributed by atoms with E-state index in [1.165, 1.54) is 29.4 Å². The van der Waals surface area contributed by atoms with Crippen molar-refractivity contribution in [3.05, 3.63) is 29.5 Å². The zero-order chi connectivity index (χ0) is 23.0. The van der Waals surface area contributed by atoms with Crippen LogP contribution in [0.1, 0.15) is 12.8 Å². The molecular formula is C19H20ClN5O6S. The average Bonchev–Trinajstić information content (AvgIpc) is 2.74. The number of carbonyl (C=O) groups excluding carboxylic acids is 1. The Morgan fingerprint density at radius 3 is 2.62 bits per heavy atom. The molecule has 0 unspecified atom stereocenters. The van der Waals surface area contributed by atoms with E-state index in [4.69, 9.17) is 21.4 Å². The van der Waals surface area contributed by atoms with Gasteiger partial charge >= 0.3 is 6.09 Å². The maximum Gasteiger partial charge on any atom is 0.407 e. The van der Waals surface area contributed by atoms with Crippen molar-refractivity contribution in [3.8, 4) is 5.75 Å². The van der Waals surface area contributed by atoms with Gasteiger partial charge in [0, 0.05) is 25.4 Å². The van der Waals surface area contributed by atoms with Gasteiger partial charge in [0.25, 0.3) is 5.91 Å². The number of sulfone groups is 1. The predicted molar refractivity (Wildman–Crippen MR) is 115 cm³/mol. The molecule has 2 aromatic rings. The maximum absolute atomic E-state index is 12.6. The first-order valence-corrected chi connectivity index (χ1v) is 12.0. The van der Waals surface area contributed by atoms with Gasteiger partial charge in [-0.05, 0) is 31.0 Å². The molecule has 0 atom stereocenters. The van der Waals surface area contributed by atoms with E-state index in [9.17, 15) is 18.0 Å². The molecule has 0 saturated carbocycles. The Balaban J connectivity index is 1.62. The highest BCUT2D eigenvalue weighted by atomic mass is 35.5. The third-order valence-corrected chi connectivity index (χ3v) is 6.77. The van der Waals surface area contributed by atoms with Gasteiger partial charge in [-0.15, -0.1) is 0 Å². The van der Waals surface area contributed by atoms with Crippen LogP contribution in [0.3, 0.4) is 0 Å². The van der Waals surface area contributed by atoms with Crippen LogP contribution in [0.2, 0.25) is 5.02 Å². The molecule has 11 nitrogen and oxygen atoms in total. The first kappa shape index (κ1) is 22.1. The van der Waals surface area contributed by atoms with Crippen LogP contribution in [0.4, 0.5) is 22.1 Å². The maximum atomic E-state index is 12.6. The van der Waals surface area contributed by atoms with Crippen LogP contribution in [0, 0.1) is 0 Å². The van der Waals surface area contributed by atoms with Crippen molar-refractivity contribution in [2.45, 2.75) is 23.8 Å². The number of hydrogen-bond donors (Lipinski definition) is 2. The number of carboxylic acid groups (broad SMARTS) is 1. The fourth-order valence-corrected chi connectivity index (χ4v) is 4.67. The molecule has 1 saturated heterocycles. The van der Waals surface area contributed by atoms with Crippen molar-refractivity contribution in [3.63, 3.8) is 0 Å². The van der Waals surface area contributed by atoms with E-state index < -0.39 is 15.9 Å². The summed E-state index contributed by atoms with van der Waals surface area (Å²) in [7, 11) is -3.41. The number of amides is 2. The smallest absolute Gasteiger partial charge is 0.407 e. The molecule has 0 radical (unpaired) electrons. The van der Waals surface area contributed by atoms with Gasteiger partial charge in [-0.2, -0.15) is 0 Å². The lowest BCUT2D eigenvalue weighted by atomic mass is 10.0. The number of nitrogens with zero attached hydrogens (tertiary/aromatic N) is 4. The highest BCUT2D eigenvalue weighted by Gasteiger charge is 2.37. The number of anilines is 3. The van der Waals surface area contributed by atoms with E-state index in [-0.39, 0.29) is 45.9 Å². The molecule has 0 aliphatic carbocycles. The zero-order valence-electron chi connectivity index (χ0n) is 17.0. The molecule has 170 valence electrons. The Morgan fingerprint density at radius 1 is 1.28 bits per heavy atom. The Morgan fingerprint density at radius 2 is 2.00 bits per heavy atom. The zero-order valence-corrected chi connectivity index (χ0v) is 18.6. The summed E-state index contributed by atoms with van der Waals surface area (Å²) in [6.07, 6.45) is 2.34. The number of hydrogen-bond acceptors (Lipinski definition) is 8. The van der Waals surface area contributed by atoms with Crippen molar-refractivity contribution in [1.82, 2.24) is 14.9 Å². The number of nitrogens with one attached hydrogen (secondary N) is 1. The SMILES string of the molecule is CS(=O)(=O)c1ccc(Nc2ncnc3c2OCC(=O)N3C2CCN(C(=O)O)CC2)c(Cl)c1. The van der Waals surface area contributed by atoms with Crippen molar-refractivity contribution in [2.24, 2.45) is 0 Å². The largest absolute Gasteiger partial charge is 0.476 e. The Bertz CT molecular complexity index is 1180. The van der Waals surface area contributed by atoms with Crippen molar-refractivity contribution >= 4 is 50.8 Å². The van der Waals surface area contributed by atoms with E-state index in [2.05, 4.69) is 15.3 Å². The molecule has 13 heteroatoms. The van der Waals surface area contributed by atoms with Crippen LogP contribution < -0.4 is 15.0 Å². The Kier molecular flexibility index (Phi) is 5.82. The fourth-order valence-electron chi connectivity index (χ4n) is 3.73. The van der Waals surface area contributed by atoms with Gasteiger partial charge in [-0.3, -0.25) is 9.69 Å². The molecule has 0 spiro atoms. The number of aromatic nitrogens is 2. The van der Waals surface area contributed by atoms with Crippen LogP contribution in [0.25, 0.3) is 0 Å². The highest BCUT2D eigenvalue weighted by molar-refractivity contribution is 7.90. The first-order chi connectivity index (χ1) is 15.1. The van der Waals surface area contributed by atoms with Crippen molar-refractivity contribution < 1.29 is 27.9 Å².